The number of hydrogen-bond donors (Lipinski definition) is 2. The largest absolute Gasteiger partial charge is 0.350 e. The second-order valence-corrected chi connectivity index (χ2v) is 2.91. The zero-order valence-electron chi connectivity index (χ0n) is 7.63. The molecular formula is C9H12N2O2. The Morgan fingerprint density at radius 2 is 2.23 bits per heavy atom. The van der Waals surface area contributed by atoms with Gasteiger partial charge in [-0.3, -0.25) is 9.59 Å². The lowest BCUT2D eigenvalue weighted by molar-refractivity contribution is -0.119. The number of pyridine rings is 1. The Labute approximate surface area is 76.0 Å². The minimum atomic E-state index is -0.140. The number of nitrogens with one attached hydrogen (secondary N) is 2. The highest BCUT2D eigenvalue weighted by Crippen LogP contribution is 2.07. The van der Waals surface area contributed by atoms with Crippen LogP contribution in [0.3, 0.4) is 0 Å². The van der Waals surface area contributed by atoms with Crippen LogP contribution < -0.4 is 10.9 Å². The molecule has 0 spiro atoms. The molecule has 0 fully saturated rings. The van der Waals surface area contributed by atoms with Crippen molar-refractivity contribution in [3.05, 3.63) is 34.2 Å². The van der Waals surface area contributed by atoms with Gasteiger partial charge >= 0.3 is 0 Å². The van der Waals surface area contributed by atoms with Gasteiger partial charge in [-0.15, -0.1) is 0 Å². The number of hydrogen-bond acceptors (Lipinski definition) is 2. The maximum atomic E-state index is 10.7. The Balaban J connectivity index is 2.77. The maximum absolute atomic E-state index is 10.7. The molecule has 0 saturated carbocycles. The van der Waals surface area contributed by atoms with Crippen molar-refractivity contribution in [2.45, 2.75) is 19.9 Å². The fourth-order valence-electron chi connectivity index (χ4n) is 1.08. The van der Waals surface area contributed by atoms with Crippen LogP contribution in [0.5, 0.6) is 0 Å². The van der Waals surface area contributed by atoms with E-state index >= 15 is 0 Å². The Kier molecular flexibility index (Phi) is 2.84. The Hall–Kier alpha value is -1.58. The summed E-state index contributed by atoms with van der Waals surface area (Å²) in [7, 11) is 0. The van der Waals surface area contributed by atoms with Gasteiger partial charge < -0.3 is 10.3 Å². The molecule has 1 aromatic heterocycles. The first kappa shape index (κ1) is 9.51. The Morgan fingerprint density at radius 3 is 2.69 bits per heavy atom. The lowest BCUT2D eigenvalue weighted by Crippen LogP contribution is -2.24. The third-order valence-electron chi connectivity index (χ3n) is 1.73. The standard InChI is InChI=1S/C9H12N2O2/c1-6(11-7(2)12)8-3-4-9(13)10-5-8/h3-6H,1-2H3,(H,10,13)(H,11,12). The molecule has 1 amide bonds. The van der Waals surface area contributed by atoms with Gasteiger partial charge in [-0.25, -0.2) is 0 Å². The van der Waals surface area contributed by atoms with Crippen molar-refractivity contribution in [2.75, 3.05) is 0 Å². The number of H-pyrrole nitrogens is 1. The fraction of sp³-hybridized carbons (Fsp3) is 0.333. The van der Waals surface area contributed by atoms with Gasteiger partial charge in [0.15, 0.2) is 0 Å². The molecule has 1 unspecified atom stereocenters. The summed E-state index contributed by atoms with van der Waals surface area (Å²) in [4.78, 5) is 24.0. The summed E-state index contributed by atoms with van der Waals surface area (Å²) in [5.74, 6) is -0.0845. The van der Waals surface area contributed by atoms with Crippen LogP contribution in [0.15, 0.2) is 23.1 Å². The average molecular weight is 180 g/mol. The van der Waals surface area contributed by atoms with E-state index in [4.69, 9.17) is 0 Å². The van der Waals surface area contributed by atoms with E-state index in [2.05, 4.69) is 10.3 Å². The minimum Gasteiger partial charge on any atom is -0.350 e. The van der Waals surface area contributed by atoms with Crippen LogP contribution in [-0.4, -0.2) is 10.9 Å². The number of carbonyl (C=O) groups is 1. The van der Waals surface area contributed by atoms with Crippen molar-refractivity contribution in [1.29, 1.82) is 0 Å². The lowest BCUT2D eigenvalue weighted by atomic mass is 10.1. The van der Waals surface area contributed by atoms with Crippen LogP contribution >= 0.6 is 0 Å². The van der Waals surface area contributed by atoms with E-state index in [1.54, 1.807) is 12.3 Å². The molecule has 2 N–H and O–H groups in total. The average Bonchev–Trinajstić information content (AvgIpc) is 2.04. The number of rotatable bonds is 2. The second kappa shape index (κ2) is 3.89. The van der Waals surface area contributed by atoms with Crippen molar-refractivity contribution in [2.24, 2.45) is 0 Å². The molecule has 1 heterocycles. The van der Waals surface area contributed by atoms with Gasteiger partial charge in [0.1, 0.15) is 0 Å². The molecule has 0 aliphatic carbocycles. The molecule has 0 aliphatic rings. The molecule has 0 bridgehead atoms. The summed E-state index contributed by atoms with van der Waals surface area (Å²) in [5.41, 5.74) is 0.744. The maximum Gasteiger partial charge on any atom is 0.247 e. The summed E-state index contributed by atoms with van der Waals surface area (Å²) in [5, 5.41) is 2.72. The number of carbonyl (C=O) groups excluding carboxylic acids is 1. The normalized spacial score (nSPS) is 12.2. The molecular weight excluding hydrogens is 168 g/mol. The molecule has 4 heteroatoms. The quantitative estimate of drug-likeness (QED) is 0.699. The second-order valence-electron chi connectivity index (χ2n) is 2.91. The molecule has 1 aromatic rings. The highest BCUT2D eigenvalue weighted by Gasteiger charge is 2.05. The summed E-state index contributed by atoms with van der Waals surface area (Å²) >= 11 is 0. The van der Waals surface area contributed by atoms with E-state index in [1.165, 1.54) is 13.0 Å². The summed E-state index contributed by atoms with van der Waals surface area (Å²) in [6, 6.07) is 3.06. The van der Waals surface area contributed by atoms with E-state index in [-0.39, 0.29) is 17.5 Å². The highest BCUT2D eigenvalue weighted by molar-refractivity contribution is 5.73. The SMILES string of the molecule is CC(=O)NC(C)c1ccc(=O)[nH]c1. The van der Waals surface area contributed by atoms with Gasteiger partial charge in [0.2, 0.25) is 11.5 Å². The summed E-state index contributed by atoms with van der Waals surface area (Å²) < 4.78 is 0. The molecule has 1 rings (SSSR count). The zero-order chi connectivity index (χ0) is 9.84. The summed E-state index contributed by atoms with van der Waals surface area (Å²) in [6.07, 6.45) is 1.60. The van der Waals surface area contributed by atoms with Crippen LogP contribution in [0.1, 0.15) is 25.5 Å². The monoisotopic (exact) mass is 180 g/mol. The van der Waals surface area contributed by atoms with Gasteiger partial charge in [0.25, 0.3) is 0 Å². The predicted octanol–water partition coefficient (Wildman–Crippen LogP) is 0.572. The number of amides is 1. The van der Waals surface area contributed by atoms with Gasteiger partial charge in [0.05, 0.1) is 6.04 Å². The van der Waals surface area contributed by atoms with Crippen LogP contribution in [0, 0.1) is 0 Å². The zero-order valence-corrected chi connectivity index (χ0v) is 7.63. The van der Waals surface area contributed by atoms with Crippen LogP contribution in [0.4, 0.5) is 0 Å². The number of aromatic nitrogens is 1. The van der Waals surface area contributed by atoms with E-state index < -0.39 is 0 Å². The van der Waals surface area contributed by atoms with Crippen molar-refractivity contribution in [1.82, 2.24) is 10.3 Å². The van der Waals surface area contributed by atoms with E-state index in [0.29, 0.717) is 0 Å². The molecule has 4 nitrogen and oxygen atoms in total. The predicted molar refractivity (Wildman–Crippen MR) is 49.3 cm³/mol. The molecule has 0 saturated heterocycles. The molecule has 1 atom stereocenters. The van der Waals surface area contributed by atoms with E-state index in [1.807, 2.05) is 6.92 Å². The smallest absolute Gasteiger partial charge is 0.247 e. The molecule has 0 radical (unpaired) electrons. The molecule has 0 aliphatic heterocycles. The van der Waals surface area contributed by atoms with Crippen molar-refractivity contribution < 1.29 is 4.79 Å². The Morgan fingerprint density at radius 1 is 1.54 bits per heavy atom. The van der Waals surface area contributed by atoms with Crippen molar-refractivity contribution in [3.63, 3.8) is 0 Å². The third-order valence-corrected chi connectivity index (χ3v) is 1.73. The van der Waals surface area contributed by atoms with Gasteiger partial charge in [-0.2, -0.15) is 0 Å². The molecule has 13 heavy (non-hydrogen) atoms. The number of aromatic amines is 1. The topological polar surface area (TPSA) is 62.0 Å². The van der Waals surface area contributed by atoms with Crippen molar-refractivity contribution in [3.8, 4) is 0 Å². The van der Waals surface area contributed by atoms with Crippen LogP contribution in [0.2, 0.25) is 0 Å². The third kappa shape index (κ3) is 2.74. The lowest BCUT2D eigenvalue weighted by Gasteiger charge is -2.11. The minimum absolute atomic E-state index is 0.0747. The van der Waals surface area contributed by atoms with Gasteiger partial charge in [-0.05, 0) is 12.5 Å². The van der Waals surface area contributed by atoms with Crippen LogP contribution in [-0.2, 0) is 4.79 Å². The van der Waals surface area contributed by atoms with Gasteiger partial charge in [0, 0.05) is 19.2 Å². The van der Waals surface area contributed by atoms with Crippen molar-refractivity contribution >= 4 is 5.91 Å². The first-order chi connectivity index (χ1) is 6.09. The first-order valence-electron chi connectivity index (χ1n) is 4.05. The van der Waals surface area contributed by atoms with E-state index in [9.17, 15) is 9.59 Å². The van der Waals surface area contributed by atoms with E-state index in [0.717, 1.165) is 5.56 Å². The fourth-order valence-corrected chi connectivity index (χ4v) is 1.08. The van der Waals surface area contributed by atoms with Crippen LogP contribution in [0.25, 0.3) is 0 Å². The Bertz CT molecular complexity index is 336. The molecule has 0 aromatic carbocycles. The highest BCUT2D eigenvalue weighted by atomic mass is 16.1. The first-order valence-corrected chi connectivity index (χ1v) is 4.05. The van der Waals surface area contributed by atoms with Gasteiger partial charge in [-0.1, -0.05) is 6.07 Å². The molecule has 70 valence electrons. The summed E-state index contributed by atoms with van der Waals surface area (Å²) in [6.45, 7) is 3.32.